The van der Waals surface area contributed by atoms with E-state index in [-0.39, 0.29) is 10.7 Å². The van der Waals surface area contributed by atoms with Gasteiger partial charge in [-0.05, 0) is 40.4 Å². The van der Waals surface area contributed by atoms with Crippen LogP contribution in [-0.4, -0.2) is 20.0 Å². The summed E-state index contributed by atoms with van der Waals surface area (Å²) >= 11 is 6.50. The van der Waals surface area contributed by atoms with Gasteiger partial charge >= 0.3 is 0 Å². The molecule has 0 saturated carbocycles. The minimum atomic E-state index is -3.36. The molecule has 2 aromatic rings. The van der Waals surface area contributed by atoms with Gasteiger partial charge in [-0.3, -0.25) is 0 Å². The number of rotatable bonds is 7. The lowest BCUT2D eigenvalue weighted by molar-refractivity contribution is 0.581. The Bertz CT molecular complexity index is 710. The van der Waals surface area contributed by atoms with Crippen LogP contribution in [0.25, 0.3) is 0 Å². The van der Waals surface area contributed by atoms with Gasteiger partial charge in [0.05, 0.1) is 5.75 Å². The van der Waals surface area contributed by atoms with E-state index in [1.165, 1.54) is 0 Å². The number of nitrogens with two attached hydrogens (primary N) is 1. The summed E-state index contributed by atoms with van der Waals surface area (Å²) in [5.41, 5.74) is 8.03. The minimum Gasteiger partial charge on any atom is -0.389 e. The highest BCUT2D eigenvalue weighted by atomic mass is 32.2. The molecule has 0 saturated heterocycles. The first kappa shape index (κ1) is 16.1. The fourth-order valence-electron chi connectivity index (χ4n) is 1.87. The maximum absolute atomic E-state index is 12.0. The Hall–Kier alpha value is -1.28. The van der Waals surface area contributed by atoms with Crippen molar-refractivity contribution >= 4 is 38.6 Å². The van der Waals surface area contributed by atoms with Gasteiger partial charge in [0.25, 0.3) is 0 Å². The quantitative estimate of drug-likeness (QED) is 0.757. The van der Waals surface area contributed by atoms with Gasteiger partial charge < -0.3 is 5.73 Å². The van der Waals surface area contributed by atoms with Crippen molar-refractivity contribution in [1.29, 1.82) is 0 Å². The maximum atomic E-state index is 12.0. The first-order valence-corrected chi connectivity index (χ1v) is 9.34. The van der Waals surface area contributed by atoms with Crippen LogP contribution in [0.4, 0.5) is 0 Å². The molecule has 3 N–H and O–H groups in total. The standard InChI is InChI=1S/C14H16N2O2S3/c15-14(19)13-3-1-2-12(8-13)10-21(17,18)16-6-4-11-5-7-20-9-11/h1-3,5,7-9,16H,4,6,10H2,(H2,15,19). The van der Waals surface area contributed by atoms with Crippen LogP contribution in [-0.2, 0) is 22.2 Å². The lowest BCUT2D eigenvalue weighted by atomic mass is 10.1. The smallest absolute Gasteiger partial charge is 0.215 e. The van der Waals surface area contributed by atoms with Gasteiger partial charge in [0.1, 0.15) is 4.99 Å². The fraction of sp³-hybridized carbons (Fsp3) is 0.214. The molecular weight excluding hydrogens is 324 g/mol. The zero-order chi connectivity index (χ0) is 15.3. The number of benzene rings is 1. The zero-order valence-electron chi connectivity index (χ0n) is 11.3. The molecule has 0 amide bonds. The Morgan fingerprint density at radius 1 is 1.29 bits per heavy atom. The third-order valence-corrected chi connectivity index (χ3v) is 5.21. The zero-order valence-corrected chi connectivity index (χ0v) is 13.7. The first-order valence-electron chi connectivity index (χ1n) is 6.33. The molecule has 21 heavy (non-hydrogen) atoms. The number of hydrogen-bond acceptors (Lipinski definition) is 4. The number of hydrogen-bond donors (Lipinski definition) is 2. The lowest BCUT2D eigenvalue weighted by Gasteiger charge is -2.07. The Balaban J connectivity index is 1.94. The van der Waals surface area contributed by atoms with E-state index in [1.54, 1.807) is 35.6 Å². The molecule has 2 rings (SSSR count). The highest BCUT2D eigenvalue weighted by Crippen LogP contribution is 2.09. The molecule has 1 heterocycles. The van der Waals surface area contributed by atoms with Gasteiger partial charge in [-0.25, -0.2) is 13.1 Å². The summed E-state index contributed by atoms with van der Waals surface area (Å²) in [6.07, 6.45) is 0.690. The van der Waals surface area contributed by atoms with Crippen LogP contribution in [0.15, 0.2) is 41.1 Å². The Labute approximate surface area is 134 Å². The van der Waals surface area contributed by atoms with Gasteiger partial charge in [-0.2, -0.15) is 11.3 Å². The molecule has 0 aliphatic carbocycles. The molecule has 0 fully saturated rings. The van der Waals surface area contributed by atoms with Crippen molar-refractivity contribution in [2.45, 2.75) is 12.2 Å². The Morgan fingerprint density at radius 2 is 2.10 bits per heavy atom. The number of nitrogens with one attached hydrogen (secondary N) is 1. The van der Waals surface area contributed by atoms with Crippen LogP contribution in [0.3, 0.4) is 0 Å². The second-order valence-corrected chi connectivity index (χ2v) is 7.63. The molecule has 112 valence electrons. The first-order chi connectivity index (χ1) is 9.96. The van der Waals surface area contributed by atoms with E-state index >= 15 is 0 Å². The molecular formula is C14H16N2O2S3. The predicted octanol–water partition coefficient (Wildman–Crippen LogP) is 2.04. The van der Waals surface area contributed by atoms with Crippen molar-refractivity contribution in [2.24, 2.45) is 5.73 Å². The van der Waals surface area contributed by atoms with Gasteiger partial charge in [-0.15, -0.1) is 0 Å². The van der Waals surface area contributed by atoms with E-state index in [9.17, 15) is 8.42 Å². The van der Waals surface area contributed by atoms with Crippen LogP contribution in [0.5, 0.6) is 0 Å². The van der Waals surface area contributed by atoms with E-state index < -0.39 is 10.0 Å². The van der Waals surface area contributed by atoms with Crippen LogP contribution in [0.1, 0.15) is 16.7 Å². The topological polar surface area (TPSA) is 72.2 Å². The summed E-state index contributed by atoms with van der Waals surface area (Å²) in [6.45, 7) is 0.397. The van der Waals surface area contributed by atoms with Crippen molar-refractivity contribution in [2.75, 3.05) is 6.54 Å². The number of thiocarbonyl (C=S) groups is 1. The van der Waals surface area contributed by atoms with Crippen LogP contribution < -0.4 is 10.5 Å². The minimum absolute atomic E-state index is 0.0763. The molecule has 0 unspecified atom stereocenters. The summed E-state index contributed by atoms with van der Waals surface area (Å²) in [5, 5.41) is 3.99. The normalized spacial score (nSPS) is 11.4. The molecule has 1 aromatic carbocycles. The van der Waals surface area contributed by atoms with E-state index in [2.05, 4.69) is 4.72 Å². The summed E-state index contributed by atoms with van der Waals surface area (Å²) < 4.78 is 26.7. The average molecular weight is 340 g/mol. The van der Waals surface area contributed by atoms with Gasteiger partial charge in [0, 0.05) is 12.1 Å². The lowest BCUT2D eigenvalue weighted by Crippen LogP contribution is -2.27. The van der Waals surface area contributed by atoms with E-state index in [1.807, 2.05) is 16.8 Å². The molecule has 7 heteroatoms. The second-order valence-electron chi connectivity index (χ2n) is 4.60. The van der Waals surface area contributed by atoms with Crippen molar-refractivity contribution in [1.82, 2.24) is 4.72 Å². The highest BCUT2D eigenvalue weighted by molar-refractivity contribution is 7.88. The SMILES string of the molecule is NC(=S)c1cccc(CS(=O)(=O)NCCc2ccsc2)c1. The van der Waals surface area contributed by atoms with Crippen LogP contribution in [0.2, 0.25) is 0 Å². The third-order valence-electron chi connectivity index (χ3n) is 2.88. The highest BCUT2D eigenvalue weighted by Gasteiger charge is 2.11. The molecule has 0 atom stereocenters. The maximum Gasteiger partial charge on any atom is 0.215 e. The van der Waals surface area contributed by atoms with Crippen LogP contribution in [0, 0.1) is 0 Å². The van der Waals surface area contributed by atoms with E-state index in [4.69, 9.17) is 18.0 Å². The number of sulfonamides is 1. The predicted molar refractivity (Wildman–Crippen MR) is 91.0 cm³/mol. The van der Waals surface area contributed by atoms with Crippen molar-refractivity contribution < 1.29 is 8.42 Å². The summed E-state index contributed by atoms with van der Waals surface area (Å²) in [7, 11) is -3.36. The van der Waals surface area contributed by atoms with Gasteiger partial charge in [0.2, 0.25) is 10.0 Å². The number of thiophene rings is 1. The van der Waals surface area contributed by atoms with Crippen molar-refractivity contribution in [3.8, 4) is 0 Å². The average Bonchev–Trinajstić information content (AvgIpc) is 2.91. The summed E-state index contributed by atoms with van der Waals surface area (Å²) in [4.78, 5) is 0.264. The molecule has 0 aliphatic heterocycles. The Morgan fingerprint density at radius 3 is 2.76 bits per heavy atom. The van der Waals surface area contributed by atoms with Gasteiger partial charge in [-0.1, -0.05) is 30.4 Å². The molecule has 4 nitrogen and oxygen atoms in total. The second kappa shape index (κ2) is 7.13. The summed E-state index contributed by atoms with van der Waals surface area (Å²) in [6, 6.07) is 8.97. The third kappa shape index (κ3) is 5.20. The van der Waals surface area contributed by atoms with Crippen molar-refractivity contribution in [3.63, 3.8) is 0 Å². The monoisotopic (exact) mass is 340 g/mol. The summed E-state index contributed by atoms with van der Waals surface area (Å²) in [5.74, 6) is -0.0763. The molecule has 0 bridgehead atoms. The largest absolute Gasteiger partial charge is 0.389 e. The molecule has 1 aromatic heterocycles. The van der Waals surface area contributed by atoms with Crippen molar-refractivity contribution in [3.05, 3.63) is 57.8 Å². The molecule has 0 aliphatic rings. The van der Waals surface area contributed by atoms with E-state index in [0.717, 1.165) is 5.56 Å². The van der Waals surface area contributed by atoms with E-state index in [0.29, 0.717) is 24.1 Å². The fourth-order valence-corrected chi connectivity index (χ4v) is 3.83. The van der Waals surface area contributed by atoms with Crippen LogP contribution >= 0.6 is 23.6 Å². The van der Waals surface area contributed by atoms with Gasteiger partial charge in [0.15, 0.2) is 0 Å². The Kier molecular flexibility index (Phi) is 5.46. The molecule has 0 spiro atoms. The molecule has 0 radical (unpaired) electrons.